The van der Waals surface area contributed by atoms with Crippen molar-refractivity contribution in [3.05, 3.63) is 28.8 Å². The van der Waals surface area contributed by atoms with Gasteiger partial charge in [-0.25, -0.2) is 0 Å². The Bertz CT molecular complexity index is 467. The van der Waals surface area contributed by atoms with E-state index in [0.717, 1.165) is 11.3 Å². The number of rotatable bonds is 4. The van der Waals surface area contributed by atoms with Gasteiger partial charge in [0.15, 0.2) is 0 Å². The summed E-state index contributed by atoms with van der Waals surface area (Å²) in [4.78, 5) is 0. The molecule has 20 heavy (non-hydrogen) atoms. The van der Waals surface area contributed by atoms with Crippen molar-refractivity contribution in [3.8, 4) is 5.75 Å². The van der Waals surface area contributed by atoms with E-state index in [1.165, 1.54) is 22.6 Å². The number of nitrogens with one attached hydrogen (secondary N) is 1. The van der Waals surface area contributed by atoms with Crippen LogP contribution in [0, 0.1) is 13.8 Å². The van der Waals surface area contributed by atoms with Gasteiger partial charge < -0.3 is 4.74 Å². The van der Waals surface area contributed by atoms with Gasteiger partial charge in [0, 0.05) is 22.0 Å². The molecule has 0 radical (unpaired) electrons. The van der Waals surface area contributed by atoms with Gasteiger partial charge in [0.2, 0.25) is 0 Å². The molecule has 0 aliphatic carbocycles. The van der Waals surface area contributed by atoms with Crippen molar-refractivity contribution in [3.63, 3.8) is 0 Å². The first-order chi connectivity index (χ1) is 9.58. The quantitative estimate of drug-likeness (QED) is 0.661. The summed E-state index contributed by atoms with van der Waals surface area (Å²) < 4.78 is 5.40. The van der Waals surface area contributed by atoms with E-state index in [2.05, 4.69) is 38.3 Å². The largest absolute Gasteiger partial charge is 0.496 e. The lowest BCUT2D eigenvalue weighted by molar-refractivity contribution is 0.410. The van der Waals surface area contributed by atoms with Gasteiger partial charge in [-0.15, -0.1) is 0 Å². The molecule has 1 aromatic rings. The molecule has 0 bridgehead atoms. The van der Waals surface area contributed by atoms with Gasteiger partial charge in [-0.2, -0.15) is 23.5 Å². The van der Waals surface area contributed by atoms with Crippen LogP contribution in [-0.4, -0.2) is 29.1 Å². The van der Waals surface area contributed by atoms with Crippen LogP contribution in [0.1, 0.15) is 29.7 Å². The highest BCUT2D eigenvalue weighted by Gasteiger charge is 2.31. The summed E-state index contributed by atoms with van der Waals surface area (Å²) in [5.41, 5.74) is 6.74. The highest BCUT2D eigenvalue weighted by atomic mass is 32.2. The molecule has 0 amide bonds. The summed E-state index contributed by atoms with van der Waals surface area (Å²) in [6.07, 6.45) is 0. The predicted molar refractivity (Wildman–Crippen MR) is 90.7 cm³/mol. The minimum Gasteiger partial charge on any atom is -0.496 e. The third kappa shape index (κ3) is 3.27. The second-order valence-corrected chi connectivity index (χ2v) is 8.01. The van der Waals surface area contributed by atoms with Crippen LogP contribution in [0.3, 0.4) is 0 Å². The number of hydrazine groups is 1. The number of benzene rings is 1. The molecule has 1 saturated heterocycles. The maximum Gasteiger partial charge on any atom is 0.122 e. The topological polar surface area (TPSA) is 47.3 Å². The van der Waals surface area contributed by atoms with Gasteiger partial charge in [-0.05, 0) is 36.6 Å². The van der Waals surface area contributed by atoms with E-state index in [1.54, 1.807) is 7.11 Å². The molecular weight excluding hydrogens is 288 g/mol. The minimum absolute atomic E-state index is 0.187. The van der Waals surface area contributed by atoms with E-state index in [9.17, 15) is 0 Å². The summed E-state index contributed by atoms with van der Waals surface area (Å²) in [6.45, 7) is 6.52. The molecule has 1 aromatic carbocycles. The summed E-state index contributed by atoms with van der Waals surface area (Å²) >= 11 is 4.07. The number of hydrogen-bond donors (Lipinski definition) is 2. The molecule has 0 aromatic heterocycles. The number of ether oxygens (including phenoxy) is 1. The average Bonchev–Trinajstić information content (AvgIpc) is 2.45. The second-order valence-electron chi connectivity index (χ2n) is 5.23. The highest BCUT2D eigenvalue weighted by molar-refractivity contribution is 8.07. The molecule has 3 unspecified atom stereocenters. The molecular formula is C15H24N2OS2. The molecule has 1 aliphatic heterocycles. The second kappa shape index (κ2) is 7.07. The van der Waals surface area contributed by atoms with Crippen molar-refractivity contribution in [2.45, 2.75) is 37.3 Å². The third-order valence-corrected chi connectivity index (χ3v) is 7.06. The highest BCUT2D eigenvalue weighted by Crippen LogP contribution is 2.40. The molecule has 1 heterocycles. The monoisotopic (exact) mass is 312 g/mol. The summed E-state index contributed by atoms with van der Waals surface area (Å²) in [7, 11) is 1.72. The zero-order valence-electron chi connectivity index (χ0n) is 12.6. The van der Waals surface area contributed by atoms with E-state index >= 15 is 0 Å². The van der Waals surface area contributed by atoms with Gasteiger partial charge in [-0.1, -0.05) is 13.0 Å². The summed E-state index contributed by atoms with van der Waals surface area (Å²) in [6, 6.07) is 4.51. The normalized spacial score (nSPS) is 24.4. The average molecular weight is 313 g/mol. The molecule has 1 fully saturated rings. The first kappa shape index (κ1) is 16.0. The molecule has 3 nitrogen and oxygen atoms in total. The summed E-state index contributed by atoms with van der Waals surface area (Å²) in [5, 5.41) is 1.11. The zero-order chi connectivity index (χ0) is 14.7. The Morgan fingerprint density at radius 3 is 2.55 bits per heavy atom. The zero-order valence-corrected chi connectivity index (χ0v) is 14.2. The SMILES string of the molecule is COc1cc(C)c(C(NN)C2SCCSC2C)cc1C. The van der Waals surface area contributed by atoms with Crippen molar-refractivity contribution in [1.29, 1.82) is 0 Å². The minimum atomic E-state index is 0.187. The lowest BCUT2D eigenvalue weighted by Crippen LogP contribution is -2.41. The van der Waals surface area contributed by atoms with Crippen molar-refractivity contribution < 1.29 is 4.74 Å². The van der Waals surface area contributed by atoms with Crippen LogP contribution in [0.25, 0.3) is 0 Å². The molecule has 2 rings (SSSR count). The van der Waals surface area contributed by atoms with Crippen LogP contribution >= 0.6 is 23.5 Å². The van der Waals surface area contributed by atoms with Crippen LogP contribution in [0.15, 0.2) is 12.1 Å². The molecule has 3 atom stereocenters. The van der Waals surface area contributed by atoms with Gasteiger partial charge in [0.1, 0.15) is 5.75 Å². The van der Waals surface area contributed by atoms with E-state index in [-0.39, 0.29) is 6.04 Å². The Kier molecular flexibility index (Phi) is 5.66. The van der Waals surface area contributed by atoms with E-state index in [4.69, 9.17) is 10.6 Å². The van der Waals surface area contributed by atoms with Crippen molar-refractivity contribution in [2.75, 3.05) is 18.6 Å². The maximum atomic E-state index is 5.88. The number of thioether (sulfide) groups is 2. The van der Waals surface area contributed by atoms with Crippen LogP contribution in [0.2, 0.25) is 0 Å². The number of hydrogen-bond acceptors (Lipinski definition) is 5. The Hall–Kier alpha value is -0.360. The number of aryl methyl sites for hydroxylation is 2. The maximum absolute atomic E-state index is 5.88. The lowest BCUT2D eigenvalue weighted by atomic mass is 9.95. The molecule has 3 N–H and O–H groups in total. The Labute approximate surface area is 130 Å². The van der Waals surface area contributed by atoms with Crippen LogP contribution in [0.4, 0.5) is 0 Å². The van der Waals surface area contributed by atoms with E-state index < -0.39 is 0 Å². The van der Waals surface area contributed by atoms with Crippen LogP contribution in [0.5, 0.6) is 5.75 Å². The van der Waals surface area contributed by atoms with E-state index in [1.807, 2.05) is 23.5 Å². The van der Waals surface area contributed by atoms with Crippen LogP contribution in [-0.2, 0) is 0 Å². The number of methoxy groups -OCH3 is 1. The van der Waals surface area contributed by atoms with Gasteiger partial charge >= 0.3 is 0 Å². The predicted octanol–water partition coefficient (Wildman–Crippen LogP) is 3.05. The first-order valence-corrected chi connectivity index (χ1v) is 9.02. The van der Waals surface area contributed by atoms with Gasteiger partial charge in [0.25, 0.3) is 0 Å². The van der Waals surface area contributed by atoms with Crippen molar-refractivity contribution in [2.24, 2.45) is 5.84 Å². The van der Waals surface area contributed by atoms with Gasteiger partial charge in [-0.3, -0.25) is 11.3 Å². The molecule has 1 aliphatic rings. The molecule has 112 valence electrons. The standard InChI is InChI=1S/C15H24N2OS2/c1-9-8-13(18-4)10(2)7-12(9)14(17-16)15-11(3)19-5-6-20-15/h7-8,11,14-15,17H,5-6,16H2,1-4H3. The third-order valence-electron chi connectivity index (χ3n) is 3.86. The van der Waals surface area contributed by atoms with Crippen molar-refractivity contribution >= 4 is 23.5 Å². The molecule has 0 saturated carbocycles. The van der Waals surface area contributed by atoms with Crippen LogP contribution < -0.4 is 16.0 Å². The Balaban J connectivity index is 2.33. The fourth-order valence-electron chi connectivity index (χ4n) is 2.74. The van der Waals surface area contributed by atoms with Gasteiger partial charge in [0.05, 0.1) is 13.2 Å². The van der Waals surface area contributed by atoms with Crippen molar-refractivity contribution in [1.82, 2.24) is 5.43 Å². The number of nitrogens with two attached hydrogens (primary N) is 1. The first-order valence-electron chi connectivity index (χ1n) is 6.93. The molecule has 5 heteroatoms. The lowest BCUT2D eigenvalue weighted by Gasteiger charge is -2.35. The smallest absolute Gasteiger partial charge is 0.122 e. The summed E-state index contributed by atoms with van der Waals surface area (Å²) in [5.74, 6) is 9.27. The Morgan fingerprint density at radius 2 is 1.95 bits per heavy atom. The Morgan fingerprint density at radius 1 is 1.25 bits per heavy atom. The molecule has 0 spiro atoms. The fourth-order valence-corrected chi connectivity index (χ4v) is 5.66. The van der Waals surface area contributed by atoms with E-state index in [0.29, 0.717) is 10.5 Å². The fraction of sp³-hybridized carbons (Fsp3) is 0.600.